The molecule has 0 aliphatic carbocycles. The van der Waals surface area contributed by atoms with Gasteiger partial charge in [-0.1, -0.05) is 23.7 Å². The van der Waals surface area contributed by atoms with Crippen LogP contribution in [0.15, 0.2) is 42.5 Å². The second-order valence-corrected chi connectivity index (χ2v) is 8.19. The number of fused-ring (bicyclic) bond motifs is 1. The maximum atomic E-state index is 12.7. The summed E-state index contributed by atoms with van der Waals surface area (Å²) in [5.41, 5.74) is 3.03. The van der Waals surface area contributed by atoms with E-state index in [1.165, 1.54) is 7.11 Å². The number of ketones is 1. The Morgan fingerprint density at radius 1 is 1.00 bits per heavy atom. The SMILES string of the molecule is COc1ccc(Cl)cc1C(=O)CCC(=O)N1CCN(c2nc3ccccc3nc2C)CC1. The van der Waals surface area contributed by atoms with Crippen LogP contribution in [0.25, 0.3) is 11.0 Å². The Bertz CT molecular complexity index is 1160. The average Bonchev–Trinajstić information content (AvgIpc) is 2.82. The highest BCUT2D eigenvalue weighted by Crippen LogP contribution is 2.25. The van der Waals surface area contributed by atoms with Crippen LogP contribution in [0.4, 0.5) is 5.82 Å². The standard InChI is InChI=1S/C24H25ClN4O3/c1-16-24(27-20-6-4-3-5-19(20)26-16)29-13-11-28(12-14-29)23(31)10-8-21(30)18-15-17(25)7-9-22(18)32-2/h3-7,9,15H,8,10-14H2,1-2H3. The van der Waals surface area contributed by atoms with Gasteiger partial charge in [0.05, 0.1) is 29.4 Å². The van der Waals surface area contributed by atoms with Crippen molar-refractivity contribution in [2.45, 2.75) is 19.8 Å². The third-order valence-corrected chi connectivity index (χ3v) is 5.91. The van der Waals surface area contributed by atoms with Crippen LogP contribution in [0.1, 0.15) is 28.9 Å². The van der Waals surface area contributed by atoms with Crippen LogP contribution >= 0.6 is 11.6 Å². The monoisotopic (exact) mass is 452 g/mol. The predicted octanol–water partition coefficient (Wildman–Crippen LogP) is 3.91. The summed E-state index contributed by atoms with van der Waals surface area (Å²) in [6, 6.07) is 12.7. The molecule has 7 nitrogen and oxygen atoms in total. The van der Waals surface area contributed by atoms with Gasteiger partial charge in [0.15, 0.2) is 11.6 Å². The summed E-state index contributed by atoms with van der Waals surface area (Å²) in [6.07, 6.45) is 0.272. The fourth-order valence-electron chi connectivity index (χ4n) is 3.96. The van der Waals surface area contributed by atoms with Crippen molar-refractivity contribution in [3.63, 3.8) is 0 Å². The largest absolute Gasteiger partial charge is 0.496 e. The number of Topliss-reactive ketones (excluding diaryl/α,β-unsaturated/α-hetero) is 1. The van der Waals surface area contributed by atoms with Gasteiger partial charge in [-0.2, -0.15) is 0 Å². The van der Waals surface area contributed by atoms with Crippen molar-refractivity contribution in [1.82, 2.24) is 14.9 Å². The second kappa shape index (κ2) is 9.53. The van der Waals surface area contributed by atoms with Crippen LogP contribution in [0, 0.1) is 6.92 Å². The number of rotatable bonds is 6. The molecule has 1 saturated heterocycles. The molecule has 0 spiro atoms. The maximum absolute atomic E-state index is 12.7. The number of methoxy groups -OCH3 is 1. The molecule has 1 aliphatic rings. The molecule has 32 heavy (non-hydrogen) atoms. The minimum absolute atomic E-state index is 0.0275. The van der Waals surface area contributed by atoms with Crippen molar-refractivity contribution in [3.05, 3.63) is 58.7 Å². The molecule has 0 N–H and O–H groups in total. The van der Waals surface area contributed by atoms with Gasteiger partial charge in [-0.15, -0.1) is 0 Å². The van der Waals surface area contributed by atoms with E-state index in [0.29, 0.717) is 42.5 Å². The van der Waals surface area contributed by atoms with Gasteiger partial charge in [0.2, 0.25) is 5.91 Å². The summed E-state index contributed by atoms with van der Waals surface area (Å²) < 4.78 is 5.24. The number of hydrogen-bond donors (Lipinski definition) is 0. The van der Waals surface area contributed by atoms with Crippen molar-refractivity contribution >= 4 is 40.1 Å². The third kappa shape index (κ3) is 4.67. The van der Waals surface area contributed by atoms with Crippen molar-refractivity contribution in [3.8, 4) is 5.75 Å². The number of aromatic nitrogens is 2. The second-order valence-electron chi connectivity index (χ2n) is 7.76. The lowest BCUT2D eigenvalue weighted by molar-refractivity contribution is -0.131. The van der Waals surface area contributed by atoms with Gasteiger partial charge in [-0.3, -0.25) is 9.59 Å². The van der Waals surface area contributed by atoms with Crippen molar-refractivity contribution < 1.29 is 14.3 Å². The zero-order valence-corrected chi connectivity index (χ0v) is 18.9. The number of aryl methyl sites for hydroxylation is 1. The molecule has 1 amide bonds. The number of piperazine rings is 1. The number of para-hydroxylation sites is 2. The molecule has 8 heteroatoms. The van der Waals surface area contributed by atoms with E-state index in [9.17, 15) is 9.59 Å². The first kappa shape index (κ1) is 22.0. The molecular formula is C24H25ClN4O3. The number of halogens is 1. The minimum Gasteiger partial charge on any atom is -0.496 e. The highest BCUT2D eigenvalue weighted by atomic mass is 35.5. The summed E-state index contributed by atoms with van der Waals surface area (Å²) in [6.45, 7) is 4.48. The van der Waals surface area contributed by atoms with E-state index in [2.05, 4.69) is 9.88 Å². The summed E-state index contributed by atoms with van der Waals surface area (Å²) in [5, 5.41) is 0.462. The molecule has 1 aliphatic heterocycles. The fourth-order valence-corrected chi connectivity index (χ4v) is 4.13. The van der Waals surface area contributed by atoms with Crippen molar-refractivity contribution in [1.29, 1.82) is 0 Å². The Labute approximate surface area is 192 Å². The van der Waals surface area contributed by atoms with Crippen LogP contribution < -0.4 is 9.64 Å². The minimum atomic E-state index is -0.154. The number of anilines is 1. The zero-order chi connectivity index (χ0) is 22.7. The molecule has 0 bridgehead atoms. The van der Waals surface area contributed by atoms with E-state index in [-0.39, 0.29) is 24.5 Å². The first-order valence-electron chi connectivity index (χ1n) is 10.6. The highest BCUT2D eigenvalue weighted by Gasteiger charge is 2.24. The molecule has 1 fully saturated rings. The summed E-state index contributed by atoms with van der Waals surface area (Å²) >= 11 is 6.01. The molecule has 0 atom stereocenters. The van der Waals surface area contributed by atoms with Crippen molar-refractivity contribution in [2.75, 3.05) is 38.2 Å². The number of benzene rings is 2. The first-order valence-corrected chi connectivity index (χ1v) is 11.0. The van der Waals surface area contributed by atoms with E-state index < -0.39 is 0 Å². The van der Waals surface area contributed by atoms with Gasteiger partial charge in [0.25, 0.3) is 0 Å². The molecule has 4 rings (SSSR count). The third-order valence-electron chi connectivity index (χ3n) is 5.68. The lowest BCUT2D eigenvalue weighted by Gasteiger charge is -2.36. The van der Waals surface area contributed by atoms with Gasteiger partial charge >= 0.3 is 0 Å². The van der Waals surface area contributed by atoms with Gasteiger partial charge in [-0.25, -0.2) is 9.97 Å². The maximum Gasteiger partial charge on any atom is 0.223 e. The van der Waals surface area contributed by atoms with Crippen LogP contribution in [0.5, 0.6) is 5.75 Å². The quantitative estimate of drug-likeness (QED) is 0.528. The molecule has 2 aromatic carbocycles. The van der Waals surface area contributed by atoms with Crippen LogP contribution in [0.3, 0.4) is 0 Å². The normalized spacial score (nSPS) is 14.0. The summed E-state index contributed by atoms with van der Waals surface area (Å²) in [5.74, 6) is 1.14. The number of amides is 1. The molecule has 0 saturated carbocycles. The van der Waals surface area contributed by atoms with Gasteiger partial charge in [0, 0.05) is 44.0 Å². The lowest BCUT2D eigenvalue weighted by atomic mass is 10.0. The van der Waals surface area contributed by atoms with E-state index in [4.69, 9.17) is 21.3 Å². The number of ether oxygens (including phenoxy) is 1. The molecule has 166 valence electrons. The predicted molar refractivity (Wildman–Crippen MR) is 125 cm³/mol. The number of hydrogen-bond acceptors (Lipinski definition) is 6. The van der Waals surface area contributed by atoms with Crippen LogP contribution in [0.2, 0.25) is 5.02 Å². The van der Waals surface area contributed by atoms with E-state index >= 15 is 0 Å². The fraction of sp³-hybridized carbons (Fsp3) is 0.333. The van der Waals surface area contributed by atoms with Crippen molar-refractivity contribution in [2.24, 2.45) is 0 Å². The molecule has 0 radical (unpaired) electrons. The topological polar surface area (TPSA) is 75.6 Å². The Hall–Kier alpha value is -3.19. The van der Waals surface area contributed by atoms with E-state index in [1.807, 2.05) is 36.1 Å². The highest BCUT2D eigenvalue weighted by molar-refractivity contribution is 6.31. The molecule has 0 unspecified atom stereocenters. The summed E-state index contributed by atoms with van der Waals surface area (Å²) in [7, 11) is 1.51. The molecular weight excluding hydrogens is 428 g/mol. The van der Waals surface area contributed by atoms with Crippen LogP contribution in [-0.4, -0.2) is 59.8 Å². The number of nitrogens with zero attached hydrogens (tertiary/aromatic N) is 4. The molecule has 1 aromatic heterocycles. The first-order chi connectivity index (χ1) is 15.5. The number of carbonyl (C=O) groups excluding carboxylic acids is 2. The summed E-state index contributed by atoms with van der Waals surface area (Å²) in [4.78, 5) is 38.7. The van der Waals surface area contributed by atoms with E-state index in [1.54, 1.807) is 18.2 Å². The molecule has 3 aromatic rings. The van der Waals surface area contributed by atoms with Crippen LogP contribution in [-0.2, 0) is 4.79 Å². The van der Waals surface area contributed by atoms with E-state index in [0.717, 1.165) is 22.5 Å². The lowest BCUT2D eigenvalue weighted by Crippen LogP contribution is -2.49. The van der Waals surface area contributed by atoms with Gasteiger partial charge in [-0.05, 0) is 37.3 Å². The Morgan fingerprint density at radius 2 is 1.69 bits per heavy atom. The molecule has 2 heterocycles. The Morgan fingerprint density at radius 3 is 2.38 bits per heavy atom. The average molecular weight is 453 g/mol. The number of carbonyl (C=O) groups is 2. The smallest absolute Gasteiger partial charge is 0.223 e. The zero-order valence-electron chi connectivity index (χ0n) is 18.2. The Kier molecular flexibility index (Phi) is 6.55. The Balaban J connectivity index is 1.35. The van der Waals surface area contributed by atoms with Gasteiger partial charge in [0.1, 0.15) is 5.75 Å². The van der Waals surface area contributed by atoms with Gasteiger partial charge < -0.3 is 14.5 Å².